The van der Waals surface area contributed by atoms with Crippen molar-refractivity contribution in [3.05, 3.63) is 90.0 Å². The zero-order chi connectivity index (χ0) is 18.4. The van der Waals surface area contributed by atoms with Crippen molar-refractivity contribution in [2.75, 3.05) is 7.11 Å². The van der Waals surface area contributed by atoms with Crippen LogP contribution in [-0.4, -0.2) is 24.4 Å². The molecule has 0 bridgehead atoms. The van der Waals surface area contributed by atoms with E-state index in [1.54, 1.807) is 25.5 Å². The molecule has 1 N–H and O–H groups in total. The molecule has 0 aromatic heterocycles. The maximum Gasteiger partial charge on any atom is 0.333 e. The molecule has 0 aliphatic heterocycles. The van der Waals surface area contributed by atoms with Crippen molar-refractivity contribution in [2.24, 2.45) is 4.99 Å². The number of carboxylic acid groups (broad SMARTS) is 1. The predicted molar refractivity (Wildman–Crippen MR) is 103 cm³/mol. The van der Waals surface area contributed by atoms with Crippen LogP contribution in [0.25, 0.3) is 11.1 Å². The lowest BCUT2D eigenvalue weighted by atomic mass is 10.0. The molecule has 0 fully saturated rings. The summed E-state index contributed by atoms with van der Waals surface area (Å²) in [4.78, 5) is 15.7. The molecule has 1 atom stereocenters. The zero-order valence-corrected chi connectivity index (χ0v) is 14.4. The molecule has 0 saturated heterocycles. The summed E-state index contributed by atoms with van der Waals surface area (Å²) < 4.78 is 5.17. The van der Waals surface area contributed by atoms with Crippen LogP contribution < -0.4 is 4.74 Å². The smallest absolute Gasteiger partial charge is 0.333 e. The second-order valence-corrected chi connectivity index (χ2v) is 5.78. The molecule has 0 unspecified atom stereocenters. The Kier molecular flexibility index (Phi) is 5.44. The Morgan fingerprint density at radius 3 is 2.04 bits per heavy atom. The normalized spacial score (nSPS) is 12.0. The van der Waals surface area contributed by atoms with E-state index in [-0.39, 0.29) is 0 Å². The van der Waals surface area contributed by atoms with E-state index in [0.717, 1.165) is 22.4 Å². The highest BCUT2D eigenvalue weighted by atomic mass is 16.5. The first-order valence-corrected chi connectivity index (χ1v) is 8.23. The van der Waals surface area contributed by atoms with E-state index in [1.165, 1.54) is 0 Å². The number of carbonyl (C=O) groups is 1. The summed E-state index contributed by atoms with van der Waals surface area (Å²) in [5.41, 5.74) is 3.67. The second-order valence-electron chi connectivity index (χ2n) is 5.78. The third-order valence-corrected chi connectivity index (χ3v) is 4.06. The summed E-state index contributed by atoms with van der Waals surface area (Å²) in [6, 6.07) is 23.8. The Morgan fingerprint density at radius 2 is 1.50 bits per heavy atom. The van der Waals surface area contributed by atoms with Gasteiger partial charge in [-0.25, -0.2) is 4.79 Å². The molecule has 0 aliphatic rings. The number of ether oxygens (including phenoxy) is 1. The first-order valence-electron chi connectivity index (χ1n) is 8.23. The third kappa shape index (κ3) is 4.16. The maximum absolute atomic E-state index is 11.5. The molecule has 0 amide bonds. The van der Waals surface area contributed by atoms with E-state index in [1.807, 2.05) is 66.7 Å². The molecule has 4 heteroatoms. The lowest BCUT2D eigenvalue weighted by molar-refractivity contribution is -0.138. The largest absolute Gasteiger partial charge is 0.497 e. The van der Waals surface area contributed by atoms with Gasteiger partial charge in [-0.1, -0.05) is 66.7 Å². The van der Waals surface area contributed by atoms with Crippen molar-refractivity contribution < 1.29 is 14.6 Å². The summed E-state index contributed by atoms with van der Waals surface area (Å²) in [5, 5.41) is 9.42. The highest BCUT2D eigenvalue weighted by Gasteiger charge is 2.17. The van der Waals surface area contributed by atoms with Crippen LogP contribution in [-0.2, 0) is 4.79 Å². The number of rotatable bonds is 6. The number of hydrogen-bond acceptors (Lipinski definition) is 3. The molecule has 3 aromatic rings. The van der Waals surface area contributed by atoms with E-state index >= 15 is 0 Å². The summed E-state index contributed by atoms with van der Waals surface area (Å²) >= 11 is 0. The second kappa shape index (κ2) is 8.12. The minimum absolute atomic E-state index is 0.658. The number of aliphatic carboxylic acids is 1. The van der Waals surface area contributed by atoms with Crippen molar-refractivity contribution in [1.82, 2.24) is 0 Å². The highest BCUT2D eigenvalue weighted by molar-refractivity contribution is 5.85. The van der Waals surface area contributed by atoms with Crippen LogP contribution in [0.1, 0.15) is 17.2 Å². The number of methoxy groups -OCH3 is 1. The van der Waals surface area contributed by atoms with Gasteiger partial charge >= 0.3 is 5.97 Å². The quantitative estimate of drug-likeness (QED) is 0.664. The van der Waals surface area contributed by atoms with Gasteiger partial charge < -0.3 is 9.84 Å². The van der Waals surface area contributed by atoms with Crippen LogP contribution in [0.2, 0.25) is 0 Å². The standard InChI is InChI=1S/C22H19NO3/c1-26-20-13-11-18(12-14-20)17-9-7-16(8-10-17)15-23-21(22(24)25)19-5-3-2-4-6-19/h2-15,21H,1H3,(H,24,25)/t21-/m0/s1. The lowest BCUT2D eigenvalue weighted by Gasteiger charge is -2.07. The van der Waals surface area contributed by atoms with E-state index in [9.17, 15) is 9.90 Å². The van der Waals surface area contributed by atoms with Crippen LogP contribution in [0.15, 0.2) is 83.9 Å². The average molecular weight is 345 g/mol. The van der Waals surface area contributed by atoms with Crippen molar-refractivity contribution in [3.8, 4) is 16.9 Å². The van der Waals surface area contributed by atoms with Gasteiger partial charge in [-0.05, 0) is 34.4 Å². The molecule has 0 heterocycles. The van der Waals surface area contributed by atoms with Crippen LogP contribution >= 0.6 is 0 Å². The number of nitrogens with zero attached hydrogens (tertiary/aromatic N) is 1. The first-order chi connectivity index (χ1) is 12.7. The number of hydrogen-bond donors (Lipinski definition) is 1. The average Bonchev–Trinajstić information content (AvgIpc) is 2.69. The van der Waals surface area contributed by atoms with Crippen molar-refractivity contribution in [2.45, 2.75) is 6.04 Å². The Hall–Kier alpha value is -3.40. The molecule has 0 spiro atoms. The molecule has 26 heavy (non-hydrogen) atoms. The van der Waals surface area contributed by atoms with Gasteiger partial charge in [0.25, 0.3) is 0 Å². The van der Waals surface area contributed by atoms with Gasteiger partial charge in [0.15, 0.2) is 6.04 Å². The highest BCUT2D eigenvalue weighted by Crippen LogP contribution is 2.23. The minimum atomic E-state index is -0.970. The summed E-state index contributed by atoms with van der Waals surface area (Å²) in [6.45, 7) is 0. The van der Waals surface area contributed by atoms with Gasteiger partial charge in [-0.2, -0.15) is 0 Å². The van der Waals surface area contributed by atoms with E-state index < -0.39 is 12.0 Å². The molecular weight excluding hydrogens is 326 g/mol. The number of carboxylic acids is 1. The minimum Gasteiger partial charge on any atom is -0.497 e. The molecule has 4 nitrogen and oxygen atoms in total. The fraction of sp³-hybridized carbons (Fsp3) is 0.0909. The first kappa shape index (κ1) is 17.4. The molecule has 0 saturated carbocycles. The van der Waals surface area contributed by atoms with Crippen LogP contribution in [0.5, 0.6) is 5.75 Å². The Balaban J connectivity index is 1.77. The van der Waals surface area contributed by atoms with Crippen molar-refractivity contribution in [3.63, 3.8) is 0 Å². The number of aliphatic imine (C=N–C) groups is 1. The van der Waals surface area contributed by atoms with Crippen LogP contribution in [0.3, 0.4) is 0 Å². The third-order valence-electron chi connectivity index (χ3n) is 4.06. The Bertz CT molecular complexity index is 885. The predicted octanol–water partition coefficient (Wildman–Crippen LogP) is 4.61. The zero-order valence-electron chi connectivity index (χ0n) is 14.4. The van der Waals surface area contributed by atoms with E-state index in [4.69, 9.17) is 4.74 Å². The van der Waals surface area contributed by atoms with E-state index in [2.05, 4.69) is 4.99 Å². The number of benzene rings is 3. The molecular formula is C22H19NO3. The van der Waals surface area contributed by atoms with Gasteiger partial charge in [0, 0.05) is 6.21 Å². The van der Waals surface area contributed by atoms with E-state index in [0.29, 0.717) is 5.56 Å². The SMILES string of the molecule is COc1ccc(-c2ccc(C=N[C@H](C(=O)O)c3ccccc3)cc2)cc1. The molecule has 3 aromatic carbocycles. The lowest BCUT2D eigenvalue weighted by Crippen LogP contribution is -2.09. The molecule has 0 radical (unpaired) electrons. The molecule has 0 aliphatic carbocycles. The monoisotopic (exact) mass is 345 g/mol. The van der Waals surface area contributed by atoms with Crippen molar-refractivity contribution in [1.29, 1.82) is 0 Å². The summed E-state index contributed by atoms with van der Waals surface area (Å²) in [6.07, 6.45) is 1.60. The summed E-state index contributed by atoms with van der Waals surface area (Å²) in [5.74, 6) is -0.152. The van der Waals surface area contributed by atoms with Crippen LogP contribution in [0, 0.1) is 0 Å². The molecule has 3 rings (SSSR count). The van der Waals surface area contributed by atoms with Gasteiger partial charge in [0.1, 0.15) is 5.75 Å². The maximum atomic E-state index is 11.5. The fourth-order valence-corrected chi connectivity index (χ4v) is 2.63. The summed E-state index contributed by atoms with van der Waals surface area (Å²) in [7, 11) is 1.64. The fourth-order valence-electron chi connectivity index (χ4n) is 2.63. The Morgan fingerprint density at radius 1 is 0.923 bits per heavy atom. The van der Waals surface area contributed by atoms with Gasteiger partial charge in [-0.15, -0.1) is 0 Å². The van der Waals surface area contributed by atoms with Crippen molar-refractivity contribution >= 4 is 12.2 Å². The van der Waals surface area contributed by atoms with Gasteiger partial charge in [0.05, 0.1) is 7.11 Å². The van der Waals surface area contributed by atoms with Gasteiger partial charge in [0.2, 0.25) is 0 Å². The van der Waals surface area contributed by atoms with Crippen LogP contribution in [0.4, 0.5) is 0 Å². The topological polar surface area (TPSA) is 58.9 Å². The van der Waals surface area contributed by atoms with Gasteiger partial charge in [-0.3, -0.25) is 4.99 Å². The Labute approximate surface area is 152 Å². The molecule has 130 valence electrons.